The van der Waals surface area contributed by atoms with Gasteiger partial charge in [0, 0.05) is 30.6 Å². The van der Waals surface area contributed by atoms with Crippen molar-refractivity contribution in [2.45, 2.75) is 19.4 Å². The number of hydrogen-bond donors (Lipinski definition) is 2. The van der Waals surface area contributed by atoms with Crippen LogP contribution in [0.3, 0.4) is 0 Å². The first-order valence-electron chi connectivity index (χ1n) is 7.12. The summed E-state index contributed by atoms with van der Waals surface area (Å²) in [5.41, 5.74) is 1.73. The zero-order valence-corrected chi connectivity index (χ0v) is 11.9. The van der Waals surface area contributed by atoms with Crippen LogP contribution >= 0.6 is 0 Å². The van der Waals surface area contributed by atoms with Crippen molar-refractivity contribution in [3.8, 4) is 0 Å². The number of benzene rings is 1. The maximum Gasteiger partial charge on any atom is 0.339 e. The minimum absolute atomic E-state index is 0.179. The Morgan fingerprint density at radius 3 is 2.86 bits per heavy atom. The molecule has 2 unspecified atom stereocenters. The number of hydrogen-bond acceptors (Lipinski definition) is 4. The molecule has 0 aliphatic carbocycles. The third-order valence-electron chi connectivity index (χ3n) is 4.20. The number of carboxylic acid groups (broad SMARTS) is 1. The zero-order valence-electron chi connectivity index (χ0n) is 11.9. The maximum atomic E-state index is 11.5. The molecular weight excluding hydrogens is 268 g/mol. The molecule has 0 bridgehead atoms. The molecule has 2 heterocycles. The van der Waals surface area contributed by atoms with Crippen molar-refractivity contribution in [1.29, 1.82) is 0 Å². The fourth-order valence-electron chi connectivity index (χ4n) is 3.01. The Morgan fingerprint density at radius 2 is 2.19 bits per heavy atom. The minimum Gasteiger partial charge on any atom is -0.478 e. The first kappa shape index (κ1) is 13.8. The molecule has 0 radical (unpaired) electrons. The highest BCUT2D eigenvalue weighted by Gasteiger charge is 2.29. The lowest BCUT2D eigenvalue weighted by Gasteiger charge is -2.23. The van der Waals surface area contributed by atoms with E-state index >= 15 is 0 Å². The van der Waals surface area contributed by atoms with Gasteiger partial charge in [-0.05, 0) is 19.4 Å². The standard InChI is InChI=1S/C16H18N2O3/c1-10(19)11-6-7-18(9-11)15-12-4-2-3-5-14(12)17-8-13(15)16(20)21/h2-5,8,10-11,19H,6-7,9H2,1H3,(H,20,21). The van der Waals surface area contributed by atoms with E-state index in [4.69, 9.17) is 0 Å². The third-order valence-corrected chi connectivity index (χ3v) is 4.20. The summed E-state index contributed by atoms with van der Waals surface area (Å²) in [4.78, 5) is 17.8. The average molecular weight is 286 g/mol. The van der Waals surface area contributed by atoms with E-state index in [1.54, 1.807) is 6.92 Å². The summed E-state index contributed by atoms with van der Waals surface area (Å²) in [6, 6.07) is 7.57. The molecule has 21 heavy (non-hydrogen) atoms. The van der Waals surface area contributed by atoms with Gasteiger partial charge in [0.05, 0.1) is 17.3 Å². The largest absolute Gasteiger partial charge is 0.478 e. The van der Waals surface area contributed by atoms with E-state index < -0.39 is 5.97 Å². The van der Waals surface area contributed by atoms with Crippen molar-refractivity contribution >= 4 is 22.6 Å². The van der Waals surface area contributed by atoms with Crippen LogP contribution in [0.4, 0.5) is 5.69 Å². The maximum absolute atomic E-state index is 11.5. The SMILES string of the molecule is CC(O)C1CCN(c2c(C(=O)O)cnc3ccccc23)C1. The van der Waals surface area contributed by atoms with Crippen LogP contribution in [0, 0.1) is 5.92 Å². The highest BCUT2D eigenvalue weighted by molar-refractivity contribution is 6.04. The number of carboxylic acids is 1. The van der Waals surface area contributed by atoms with E-state index in [2.05, 4.69) is 9.88 Å². The second-order valence-corrected chi connectivity index (χ2v) is 5.58. The van der Waals surface area contributed by atoms with Crippen LogP contribution in [0.2, 0.25) is 0 Å². The summed E-state index contributed by atoms with van der Waals surface area (Å²) in [7, 11) is 0. The Bertz CT molecular complexity index is 684. The van der Waals surface area contributed by atoms with Crippen LogP contribution in [0.5, 0.6) is 0 Å². The molecule has 0 spiro atoms. The van der Waals surface area contributed by atoms with Crippen molar-refractivity contribution in [3.05, 3.63) is 36.0 Å². The van der Waals surface area contributed by atoms with Crippen LogP contribution in [0.1, 0.15) is 23.7 Å². The van der Waals surface area contributed by atoms with Crippen LogP contribution in [0.15, 0.2) is 30.5 Å². The molecule has 0 amide bonds. The molecule has 5 nitrogen and oxygen atoms in total. The Hall–Kier alpha value is -2.14. The predicted octanol–water partition coefficient (Wildman–Crippen LogP) is 2.14. The van der Waals surface area contributed by atoms with E-state index in [9.17, 15) is 15.0 Å². The second kappa shape index (κ2) is 5.33. The average Bonchev–Trinajstić information content (AvgIpc) is 2.95. The lowest BCUT2D eigenvalue weighted by molar-refractivity contribution is 0.0697. The Kier molecular flexibility index (Phi) is 3.51. The van der Waals surface area contributed by atoms with Gasteiger partial charge >= 0.3 is 5.97 Å². The van der Waals surface area contributed by atoms with Gasteiger partial charge in [-0.3, -0.25) is 4.98 Å². The first-order chi connectivity index (χ1) is 10.1. The lowest BCUT2D eigenvalue weighted by atomic mass is 10.0. The van der Waals surface area contributed by atoms with Gasteiger partial charge in [0.1, 0.15) is 5.56 Å². The number of rotatable bonds is 3. The van der Waals surface area contributed by atoms with E-state index in [0.29, 0.717) is 6.54 Å². The van der Waals surface area contributed by atoms with Crippen molar-refractivity contribution in [3.63, 3.8) is 0 Å². The quantitative estimate of drug-likeness (QED) is 0.904. The number of aliphatic hydroxyl groups excluding tert-OH is 1. The number of pyridine rings is 1. The number of nitrogens with zero attached hydrogens (tertiary/aromatic N) is 2. The smallest absolute Gasteiger partial charge is 0.339 e. The highest BCUT2D eigenvalue weighted by atomic mass is 16.4. The summed E-state index contributed by atoms with van der Waals surface area (Å²) >= 11 is 0. The minimum atomic E-state index is -0.969. The van der Waals surface area contributed by atoms with Crippen LogP contribution in [-0.2, 0) is 0 Å². The number of para-hydroxylation sites is 1. The number of aliphatic hydroxyl groups is 1. The predicted molar refractivity (Wildman–Crippen MR) is 80.7 cm³/mol. The van der Waals surface area contributed by atoms with E-state index in [-0.39, 0.29) is 17.6 Å². The van der Waals surface area contributed by atoms with Gasteiger partial charge in [-0.15, -0.1) is 0 Å². The lowest BCUT2D eigenvalue weighted by Crippen LogP contribution is -2.25. The summed E-state index contributed by atoms with van der Waals surface area (Å²) in [6.07, 6.45) is 1.92. The first-order valence-corrected chi connectivity index (χ1v) is 7.12. The zero-order chi connectivity index (χ0) is 15.0. The van der Waals surface area contributed by atoms with E-state index in [1.165, 1.54) is 6.20 Å². The van der Waals surface area contributed by atoms with Crippen molar-refractivity contribution < 1.29 is 15.0 Å². The highest BCUT2D eigenvalue weighted by Crippen LogP contribution is 2.34. The molecule has 110 valence electrons. The van der Waals surface area contributed by atoms with Gasteiger partial charge in [0.2, 0.25) is 0 Å². The molecule has 1 aliphatic rings. The summed E-state index contributed by atoms with van der Waals surface area (Å²) < 4.78 is 0. The van der Waals surface area contributed by atoms with Gasteiger partial charge in [-0.1, -0.05) is 18.2 Å². The molecule has 1 aliphatic heterocycles. The fourth-order valence-corrected chi connectivity index (χ4v) is 3.01. The van der Waals surface area contributed by atoms with Crippen molar-refractivity contribution in [2.24, 2.45) is 5.92 Å². The Morgan fingerprint density at radius 1 is 1.43 bits per heavy atom. The van der Waals surface area contributed by atoms with Gasteiger partial charge < -0.3 is 15.1 Å². The number of anilines is 1. The molecule has 3 rings (SSSR count). The molecular formula is C16H18N2O3. The fraction of sp³-hybridized carbons (Fsp3) is 0.375. The van der Waals surface area contributed by atoms with Gasteiger partial charge in [-0.25, -0.2) is 4.79 Å². The second-order valence-electron chi connectivity index (χ2n) is 5.58. The topological polar surface area (TPSA) is 73.7 Å². The number of aromatic nitrogens is 1. The van der Waals surface area contributed by atoms with Crippen molar-refractivity contribution in [1.82, 2.24) is 4.98 Å². The Balaban J connectivity index is 2.11. The molecule has 2 N–H and O–H groups in total. The molecule has 5 heteroatoms. The summed E-state index contributed by atoms with van der Waals surface area (Å²) in [5.74, 6) is -0.790. The molecule has 2 aromatic rings. The Labute approximate surface area is 122 Å². The third kappa shape index (κ3) is 2.45. The molecule has 1 aromatic heterocycles. The van der Waals surface area contributed by atoms with Crippen molar-refractivity contribution in [2.75, 3.05) is 18.0 Å². The number of carbonyl (C=O) groups is 1. The summed E-state index contributed by atoms with van der Waals surface area (Å²) in [6.45, 7) is 3.22. The molecule has 0 saturated carbocycles. The normalized spacial score (nSPS) is 19.9. The van der Waals surface area contributed by atoms with Gasteiger partial charge in [0.15, 0.2) is 0 Å². The molecule has 1 fully saturated rings. The van der Waals surface area contributed by atoms with E-state index in [0.717, 1.165) is 29.6 Å². The van der Waals surface area contributed by atoms with Crippen LogP contribution in [-0.4, -0.2) is 40.4 Å². The van der Waals surface area contributed by atoms with Crippen LogP contribution < -0.4 is 4.90 Å². The molecule has 1 saturated heterocycles. The van der Waals surface area contributed by atoms with Gasteiger partial charge in [-0.2, -0.15) is 0 Å². The number of aromatic carboxylic acids is 1. The van der Waals surface area contributed by atoms with Crippen LogP contribution in [0.25, 0.3) is 10.9 Å². The molecule has 1 aromatic carbocycles. The summed E-state index contributed by atoms with van der Waals surface area (Å²) in [5, 5.41) is 20.0. The molecule has 2 atom stereocenters. The van der Waals surface area contributed by atoms with E-state index in [1.807, 2.05) is 24.3 Å². The van der Waals surface area contributed by atoms with Gasteiger partial charge in [0.25, 0.3) is 0 Å². The number of fused-ring (bicyclic) bond motifs is 1. The monoisotopic (exact) mass is 286 g/mol.